The summed E-state index contributed by atoms with van der Waals surface area (Å²) in [7, 11) is 0. The van der Waals surface area contributed by atoms with E-state index in [1.54, 1.807) is 4.57 Å². The first kappa shape index (κ1) is 23.7. The SMILES string of the molecule is CCCCCC(=O)N(CCC)[C@H](C)c1nc2ccccc2c(=O)n1-c1ccccc1CC. The van der Waals surface area contributed by atoms with E-state index in [-0.39, 0.29) is 17.5 Å². The number of hydrogen-bond donors (Lipinski definition) is 0. The zero-order valence-corrected chi connectivity index (χ0v) is 19.8. The maximum atomic E-state index is 13.7. The molecule has 32 heavy (non-hydrogen) atoms. The fourth-order valence-corrected chi connectivity index (χ4v) is 4.28. The monoisotopic (exact) mass is 433 g/mol. The number of unbranched alkanes of at least 4 members (excludes halogenated alkanes) is 2. The zero-order chi connectivity index (χ0) is 23.1. The van der Waals surface area contributed by atoms with Crippen LogP contribution in [0.15, 0.2) is 53.3 Å². The van der Waals surface area contributed by atoms with E-state index in [0.717, 1.165) is 43.4 Å². The Balaban J connectivity index is 2.19. The predicted octanol–water partition coefficient (Wildman–Crippen LogP) is 5.83. The highest BCUT2D eigenvalue weighted by atomic mass is 16.2. The van der Waals surface area contributed by atoms with Crippen LogP contribution in [0.25, 0.3) is 16.6 Å². The quantitative estimate of drug-likeness (QED) is 0.378. The molecule has 0 saturated heterocycles. The van der Waals surface area contributed by atoms with Crippen molar-refractivity contribution in [1.29, 1.82) is 0 Å². The van der Waals surface area contributed by atoms with Crippen molar-refractivity contribution in [3.05, 3.63) is 70.3 Å². The number of nitrogens with zero attached hydrogens (tertiary/aromatic N) is 3. The van der Waals surface area contributed by atoms with Gasteiger partial charge < -0.3 is 4.90 Å². The molecular weight excluding hydrogens is 398 g/mol. The Bertz CT molecular complexity index is 1120. The van der Waals surface area contributed by atoms with Gasteiger partial charge in [0.2, 0.25) is 5.91 Å². The van der Waals surface area contributed by atoms with Gasteiger partial charge in [-0.2, -0.15) is 0 Å². The van der Waals surface area contributed by atoms with Crippen LogP contribution in [0.5, 0.6) is 0 Å². The largest absolute Gasteiger partial charge is 0.333 e. The van der Waals surface area contributed by atoms with Crippen molar-refractivity contribution in [3.8, 4) is 5.69 Å². The van der Waals surface area contributed by atoms with Gasteiger partial charge in [0.25, 0.3) is 5.56 Å². The molecule has 0 bridgehead atoms. The molecule has 0 aliphatic rings. The van der Waals surface area contributed by atoms with Crippen LogP contribution < -0.4 is 5.56 Å². The van der Waals surface area contributed by atoms with Gasteiger partial charge in [0.15, 0.2) is 0 Å². The zero-order valence-electron chi connectivity index (χ0n) is 19.8. The molecule has 170 valence electrons. The summed E-state index contributed by atoms with van der Waals surface area (Å²) in [6.45, 7) is 8.94. The molecule has 0 aliphatic heterocycles. The summed E-state index contributed by atoms with van der Waals surface area (Å²) in [5.74, 6) is 0.748. The Morgan fingerprint density at radius 1 is 1.00 bits per heavy atom. The van der Waals surface area contributed by atoms with E-state index >= 15 is 0 Å². The molecule has 1 heterocycles. The van der Waals surface area contributed by atoms with Crippen LogP contribution in [0.3, 0.4) is 0 Å². The van der Waals surface area contributed by atoms with Gasteiger partial charge in [-0.25, -0.2) is 4.98 Å². The van der Waals surface area contributed by atoms with Gasteiger partial charge in [-0.3, -0.25) is 14.2 Å². The Labute approximate surface area is 191 Å². The van der Waals surface area contributed by atoms with Crippen molar-refractivity contribution in [1.82, 2.24) is 14.5 Å². The normalized spacial score (nSPS) is 12.1. The molecule has 0 N–H and O–H groups in total. The van der Waals surface area contributed by atoms with E-state index < -0.39 is 0 Å². The van der Waals surface area contributed by atoms with Gasteiger partial charge in [0.05, 0.1) is 22.6 Å². The summed E-state index contributed by atoms with van der Waals surface area (Å²) in [5, 5.41) is 0.589. The Kier molecular flexibility index (Phi) is 8.20. The highest BCUT2D eigenvalue weighted by molar-refractivity contribution is 5.79. The van der Waals surface area contributed by atoms with Gasteiger partial charge in [-0.1, -0.05) is 63.9 Å². The van der Waals surface area contributed by atoms with Gasteiger partial charge in [-0.15, -0.1) is 0 Å². The summed E-state index contributed by atoms with van der Waals surface area (Å²) >= 11 is 0. The van der Waals surface area contributed by atoms with Crippen LogP contribution in [-0.4, -0.2) is 26.9 Å². The lowest BCUT2D eigenvalue weighted by atomic mass is 10.1. The summed E-state index contributed by atoms with van der Waals surface area (Å²) in [5.41, 5.74) is 2.50. The highest BCUT2D eigenvalue weighted by Gasteiger charge is 2.26. The maximum Gasteiger partial charge on any atom is 0.266 e. The van der Waals surface area contributed by atoms with E-state index in [4.69, 9.17) is 4.98 Å². The molecule has 1 atom stereocenters. The molecule has 1 amide bonds. The fourth-order valence-electron chi connectivity index (χ4n) is 4.28. The second-order valence-electron chi connectivity index (χ2n) is 8.33. The van der Waals surface area contributed by atoms with Crippen molar-refractivity contribution in [3.63, 3.8) is 0 Å². The van der Waals surface area contributed by atoms with Crippen LogP contribution in [0, 0.1) is 0 Å². The Morgan fingerprint density at radius 3 is 2.44 bits per heavy atom. The second-order valence-corrected chi connectivity index (χ2v) is 8.33. The van der Waals surface area contributed by atoms with Gasteiger partial charge in [0.1, 0.15) is 5.82 Å². The van der Waals surface area contributed by atoms with Crippen molar-refractivity contribution < 1.29 is 4.79 Å². The van der Waals surface area contributed by atoms with E-state index in [9.17, 15) is 9.59 Å². The van der Waals surface area contributed by atoms with Crippen LogP contribution in [0.2, 0.25) is 0 Å². The second kappa shape index (κ2) is 11.1. The Morgan fingerprint density at radius 2 is 1.72 bits per heavy atom. The minimum atomic E-state index is -0.314. The molecule has 0 spiro atoms. The highest BCUT2D eigenvalue weighted by Crippen LogP contribution is 2.25. The number of amides is 1. The topological polar surface area (TPSA) is 55.2 Å². The molecule has 0 aliphatic carbocycles. The smallest absolute Gasteiger partial charge is 0.266 e. The number of carbonyl (C=O) groups excluding carboxylic acids is 1. The number of benzene rings is 2. The molecule has 0 saturated carbocycles. The first-order valence-corrected chi connectivity index (χ1v) is 11.9. The van der Waals surface area contributed by atoms with E-state index in [1.165, 1.54) is 0 Å². The van der Waals surface area contributed by atoms with Gasteiger partial charge in [0, 0.05) is 13.0 Å². The number of hydrogen-bond acceptors (Lipinski definition) is 3. The lowest BCUT2D eigenvalue weighted by Crippen LogP contribution is -2.38. The third-order valence-corrected chi connectivity index (χ3v) is 6.04. The van der Waals surface area contributed by atoms with E-state index in [2.05, 4.69) is 20.8 Å². The van der Waals surface area contributed by atoms with Crippen molar-refractivity contribution in [2.24, 2.45) is 0 Å². The van der Waals surface area contributed by atoms with Crippen LogP contribution in [-0.2, 0) is 11.2 Å². The third kappa shape index (κ3) is 4.93. The molecule has 3 aromatic rings. The van der Waals surface area contributed by atoms with Gasteiger partial charge >= 0.3 is 0 Å². The minimum Gasteiger partial charge on any atom is -0.333 e. The average Bonchev–Trinajstić information content (AvgIpc) is 2.82. The summed E-state index contributed by atoms with van der Waals surface area (Å²) in [6.07, 6.45) is 5.20. The summed E-state index contributed by atoms with van der Waals surface area (Å²) in [4.78, 5) is 33.7. The number of para-hydroxylation sites is 2. The number of fused-ring (bicyclic) bond motifs is 1. The molecule has 5 nitrogen and oxygen atoms in total. The lowest BCUT2D eigenvalue weighted by Gasteiger charge is -2.31. The molecule has 0 unspecified atom stereocenters. The van der Waals surface area contributed by atoms with Crippen molar-refractivity contribution in [2.75, 3.05) is 6.54 Å². The summed E-state index contributed by atoms with van der Waals surface area (Å²) in [6, 6.07) is 15.1. The maximum absolute atomic E-state index is 13.7. The lowest BCUT2D eigenvalue weighted by molar-refractivity contribution is -0.133. The fraction of sp³-hybridized carbons (Fsp3) is 0.444. The Hall–Kier alpha value is -2.95. The number of carbonyl (C=O) groups is 1. The number of aromatic nitrogens is 2. The average molecular weight is 434 g/mol. The van der Waals surface area contributed by atoms with Crippen LogP contribution in [0.4, 0.5) is 0 Å². The molecule has 2 aromatic carbocycles. The van der Waals surface area contributed by atoms with Crippen molar-refractivity contribution >= 4 is 16.8 Å². The van der Waals surface area contributed by atoms with Crippen molar-refractivity contribution in [2.45, 2.75) is 72.3 Å². The first-order chi connectivity index (χ1) is 15.5. The predicted molar refractivity (Wildman–Crippen MR) is 131 cm³/mol. The number of rotatable bonds is 10. The first-order valence-electron chi connectivity index (χ1n) is 11.9. The third-order valence-electron chi connectivity index (χ3n) is 6.04. The van der Waals surface area contributed by atoms with E-state index in [1.807, 2.05) is 60.4 Å². The summed E-state index contributed by atoms with van der Waals surface area (Å²) < 4.78 is 1.73. The van der Waals surface area contributed by atoms with Crippen LogP contribution >= 0.6 is 0 Å². The number of aryl methyl sites for hydroxylation is 1. The molecule has 1 aromatic heterocycles. The molecule has 0 radical (unpaired) electrons. The molecular formula is C27H35N3O2. The standard InChI is InChI=1S/C27H35N3O2/c1-5-8-9-18-25(31)29(19-6-2)20(4)26-28-23-16-12-11-15-22(23)27(32)30(26)24-17-13-10-14-21(24)7-3/h10-17,20H,5-9,18-19H2,1-4H3/t20-/m1/s1. The van der Waals surface area contributed by atoms with Crippen LogP contribution in [0.1, 0.15) is 77.2 Å². The van der Waals surface area contributed by atoms with E-state index in [0.29, 0.717) is 29.7 Å². The van der Waals surface area contributed by atoms with Gasteiger partial charge in [-0.05, 0) is 49.9 Å². The molecule has 0 fully saturated rings. The minimum absolute atomic E-state index is 0.0896. The molecule has 3 rings (SSSR count). The molecule has 5 heteroatoms.